The summed E-state index contributed by atoms with van der Waals surface area (Å²) in [6, 6.07) is 11.3. The highest BCUT2D eigenvalue weighted by Gasteiger charge is 2.32. The molecule has 0 saturated carbocycles. The number of carbonyl (C=O) groups is 1. The maximum Gasteiger partial charge on any atom is 0.274 e. The molecule has 29 heavy (non-hydrogen) atoms. The van der Waals surface area contributed by atoms with Crippen molar-refractivity contribution in [3.05, 3.63) is 63.6 Å². The van der Waals surface area contributed by atoms with Gasteiger partial charge in [-0.3, -0.25) is 9.59 Å². The molecule has 0 aliphatic carbocycles. The van der Waals surface area contributed by atoms with E-state index in [2.05, 4.69) is 26.1 Å². The van der Waals surface area contributed by atoms with Crippen LogP contribution in [-0.4, -0.2) is 33.5 Å². The van der Waals surface area contributed by atoms with Crippen molar-refractivity contribution < 1.29 is 9.53 Å². The Bertz CT molecular complexity index is 927. The van der Waals surface area contributed by atoms with Crippen LogP contribution in [0.1, 0.15) is 56.4 Å². The van der Waals surface area contributed by atoms with Crippen LogP contribution in [0.3, 0.4) is 0 Å². The van der Waals surface area contributed by atoms with Gasteiger partial charge in [-0.05, 0) is 40.2 Å². The standard InChI is InChI=1S/C23H31N3O3/c1-16(2)25-11-12-26-18(14-24-23(3,4)5)13-19(27)21(20(26)22(25)28)29-15-17-9-7-6-8-10-17/h6-10,13,16,24H,11-12,14-15H2,1-5H3. The molecule has 1 amide bonds. The van der Waals surface area contributed by atoms with Gasteiger partial charge in [0.15, 0.2) is 11.4 Å². The summed E-state index contributed by atoms with van der Waals surface area (Å²) in [7, 11) is 0. The quantitative estimate of drug-likeness (QED) is 0.813. The third kappa shape index (κ3) is 4.88. The van der Waals surface area contributed by atoms with Crippen LogP contribution in [0.2, 0.25) is 0 Å². The van der Waals surface area contributed by atoms with Gasteiger partial charge < -0.3 is 19.5 Å². The van der Waals surface area contributed by atoms with Gasteiger partial charge >= 0.3 is 0 Å². The van der Waals surface area contributed by atoms with Crippen molar-refractivity contribution in [1.82, 2.24) is 14.8 Å². The van der Waals surface area contributed by atoms with Gasteiger partial charge in [0.2, 0.25) is 5.43 Å². The zero-order valence-corrected chi connectivity index (χ0v) is 18.0. The molecule has 3 rings (SSSR count). The van der Waals surface area contributed by atoms with Crippen LogP contribution >= 0.6 is 0 Å². The molecule has 1 N–H and O–H groups in total. The number of aromatic nitrogens is 1. The van der Waals surface area contributed by atoms with Gasteiger partial charge in [0.1, 0.15) is 6.61 Å². The van der Waals surface area contributed by atoms with E-state index in [1.165, 1.54) is 0 Å². The lowest BCUT2D eigenvalue weighted by Crippen LogP contribution is -2.47. The number of pyridine rings is 1. The molecule has 2 aromatic rings. The second-order valence-corrected chi connectivity index (χ2v) is 8.80. The molecule has 6 heteroatoms. The molecule has 1 aromatic heterocycles. The van der Waals surface area contributed by atoms with E-state index in [0.717, 1.165) is 11.3 Å². The largest absolute Gasteiger partial charge is 0.483 e. The first-order valence-corrected chi connectivity index (χ1v) is 10.2. The van der Waals surface area contributed by atoms with Crippen molar-refractivity contribution >= 4 is 5.91 Å². The van der Waals surface area contributed by atoms with Crippen molar-refractivity contribution in [3.63, 3.8) is 0 Å². The Kier molecular flexibility index (Phi) is 6.13. The first kappa shape index (κ1) is 21.1. The zero-order chi connectivity index (χ0) is 21.2. The molecule has 0 radical (unpaired) electrons. The molecule has 0 bridgehead atoms. The number of carbonyl (C=O) groups excluding carboxylic acids is 1. The Morgan fingerprint density at radius 2 is 1.79 bits per heavy atom. The Morgan fingerprint density at radius 3 is 2.41 bits per heavy atom. The number of hydrogen-bond donors (Lipinski definition) is 1. The molecule has 0 saturated heterocycles. The molecule has 0 fully saturated rings. The highest BCUT2D eigenvalue weighted by Crippen LogP contribution is 2.24. The van der Waals surface area contributed by atoms with Gasteiger partial charge in [-0.2, -0.15) is 0 Å². The molecule has 1 aliphatic heterocycles. The van der Waals surface area contributed by atoms with Crippen LogP contribution in [0.25, 0.3) is 0 Å². The van der Waals surface area contributed by atoms with Crippen molar-refractivity contribution in [2.45, 2.75) is 65.9 Å². The second kappa shape index (κ2) is 8.41. The smallest absolute Gasteiger partial charge is 0.274 e. The number of hydrogen-bond acceptors (Lipinski definition) is 4. The minimum atomic E-state index is -0.253. The zero-order valence-electron chi connectivity index (χ0n) is 18.0. The van der Waals surface area contributed by atoms with E-state index < -0.39 is 0 Å². The van der Waals surface area contributed by atoms with E-state index in [4.69, 9.17) is 4.74 Å². The minimum absolute atomic E-state index is 0.0599. The van der Waals surface area contributed by atoms with Crippen molar-refractivity contribution in [2.75, 3.05) is 6.54 Å². The van der Waals surface area contributed by atoms with E-state index in [0.29, 0.717) is 25.3 Å². The fourth-order valence-corrected chi connectivity index (χ4v) is 3.46. The number of fused-ring (bicyclic) bond motifs is 1. The lowest BCUT2D eigenvalue weighted by atomic mass is 10.1. The van der Waals surface area contributed by atoms with Crippen LogP contribution in [0.15, 0.2) is 41.2 Å². The third-order valence-corrected chi connectivity index (χ3v) is 5.03. The fraction of sp³-hybridized carbons (Fsp3) is 0.478. The maximum atomic E-state index is 13.3. The first-order valence-electron chi connectivity index (χ1n) is 10.2. The highest BCUT2D eigenvalue weighted by molar-refractivity contribution is 5.96. The molecular formula is C23H31N3O3. The summed E-state index contributed by atoms with van der Waals surface area (Å²) in [5, 5.41) is 3.42. The number of nitrogens with one attached hydrogen (secondary N) is 1. The van der Waals surface area contributed by atoms with Crippen molar-refractivity contribution in [3.8, 4) is 5.75 Å². The minimum Gasteiger partial charge on any atom is -0.483 e. The molecule has 1 aromatic carbocycles. The normalized spacial score (nSPS) is 14.3. The molecule has 156 valence electrons. The summed E-state index contributed by atoms with van der Waals surface area (Å²) in [4.78, 5) is 28.0. The Labute approximate surface area is 172 Å². The van der Waals surface area contributed by atoms with Gasteiger partial charge in [-0.1, -0.05) is 30.3 Å². The van der Waals surface area contributed by atoms with Gasteiger partial charge in [0.05, 0.1) is 0 Å². The molecule has 6 nitrogen and oxygen atoms in total. The van der Waals surface area contributed by atoms with Crippen molar-refractivity contribution in [1.29, 1.82) is 0 Å². The Morgan fingerprint density at radius 1 is 1.10 bits per heavy atom. The van der Waals surface area contributed by atoms with Crippen LogP contribution in [0, 0.1) is 0 Å². The van der Waals surface area contributed by atoms with Crippen LogP contribution < -0.4 is 15.5 Å². The summed E-state index contributed by atoms with van der Waals surface area (Å²) in [6.07, 6.45) is 0. The van der Waals surface area contributed by atoms with Crippen molar-refractivity contribution in [2.24, 2.45) is 0 Å². The number of amides is 1. The molecule has 0 atom stereocenters. The van der Waals surface area contributed by atoms with E-state index in [9.17, 15) is 9.59 Å². The molecule has 2 heterocycles. The predicted octanol–water partition coefficient (Wildman–Crippen LogP) is 3.18. The average molecular weight is 398 g/mol. The van der Waals surface area contributed by atoms with Gasteiger partial charge in [0, 0.05) is 43.0 Å². The van der Waals surface area contributed by atoms with Crippen LogP contribution in [0.5, 0.6) is 5.75 Å². The number of benzene rings is 1. The van der Waals surface area contributed by atoms with E-state index in [1.807, 2.05) is 48.7 Å². The SMILES string of the molecule is CC(C)N1CCn2c(CNC(C)(C)C)cc(=O)c(OCc3ccccc3)c2C1=O. The average Bonchev–Trinajstić information content (AvgIpc) is 2.66. The van der Waals surface area contributed by atoms with Gasteiger partial charge in [0.25, 0.3) is 5.91 Å². The topological polar surface area (TPSA) is 63.6 Å². The van der Waals surface area contributed by atoms with E-state index in [-0.39, 0.29) is 35.3 Å². The fourth-order valence-electron chi connectivity index (χ4n) is 3.46. The lowest BCUT2D eigenvalue weighted by molar-refractivity contribution is 0.0636. The number of ether oxygens (including phenoxy) is 1. The summed E-state index contributed by atoms with van der Waals surface area (Å²) < 4.78 is 7.87. The highest BCUT2D eigenvalue weighted by atomic mass is 16.5. The number of nitrogens with zero attached hydrogens (tertiary/aromatic N) is 2. The summed E-state index contributed by atoms with van der Waals surface area (Å²) in [6.45, 7) is 12.2. The maximum absolute atomic E-state index is 13.3. The summed E-state index contributed by atoms with van der Waals surface area (Å²) in [5.74, 6) is -0.00673. The van der Waals surface area contributed by atoms with Gasteiger partial charge in [-0.15, -0.1) is 0 Å². The third-order valence-electron chi connectivity index (χ3n) is 5.03. The van der Waals surface area contributed by atoms with Crippen LogP contribution in [0.4, 0.5) is 0 Å². The lowest BCUT2D eigenvalue weighted by Gasteiger charge is -2.35. The monoisotopic (exact) mass is 397 g/mol. The predicted molar refractivity (Wildman–Crippen MR) is 114 cm³/mol. The molecule has 0 spiro atoms. The van der Waals surface area contributed by atoms with E-state index in [1.54, 1.807) is 11.0 Å². The molecule has 0 unspecified atom stereocenters. The second-order valence-electron chi connectivity index (χ2n) is 8.80. The Balaban J connectivity index is 2.01. The molecule has 1 aliphatic rings. The number of rotatable bonds is 6. The summed E-state index contributed by atoms with van der Waals surface area (Å²) >= 11 is 0. The Hall–Kier alpha value is -2.60. The first-order chi connectivity index (χ1) is 13.7. The summed E-state index contributed by atoms with van der Waals surface area (Å²) in [5.41, 5.74) is 1.77. The van der Waals surface area contributed by atoms with Gasteiger partial charge in [-0.25, -0.2) is 0 Å². The van der Waals surface area contributed by atoms with E-state index >= 15 is 0 Å². The van der Waals surface area contributed by atoms with Crippen LogP contribution in [-0.2, 0) is 19.7 Å². The molecular weight excluding hydrogens is 366 g/mol.